The number of aliphatic imine (C=N–C) groups is 1. The lowest BCUT2D eigenvalue weighted by molar-refractivity contribution is 0.0505. The minimum atomic E-state index is -0.185. The van der Waals surface area contributed by atoms with Gasteiger partial charge in [0.05, 0.1) is 7.11 Å². The van der Waals surface area contributed by atoms with E-state index in [0.29, 0.717) is 12.1 Å². The highest BCUT2D eigenvalue weighted by molar-refractivity contribution is 14.0. The molecule has 1 saturated heterocycles. The third kappa shape index (κ3) is 6.32. The lowest BCUT2D eigenvalue weighted by Crippen LogP contribution is -2.48. The van der Waals surface area contributed by atoms with E-state index in [2.05, 4.69) is 34.7 Å². The first-order valence-corrected chi connectivity index (χ1v) is 10.4. The van der Waals surface area contributed by atoms with Gasteiger partial charge >= 0.3 is 0 Å². The van der Waals surface area contributed by atoms with Crippen molar-refractivity contribution in [3.8, 4) is 5.75 Å². The Morgan fingerprint density at radius 3 is 2.52 bits per heavy atom. The van der Waals surface area contributed by atoms with Crippen molar-refractivity contribution < 1.29 is 13.9 Å². The fraction of sp³-hybridized carbons (Fsp3) is 0.458. The predicted molar refractivity (Wildman–Crippen MR) is 134 cm³/mol. The van der Waals surface area contributed by atoms with Crippen molar-refractivity contribution in [1.82, 2.24) is 10.6 Å². The van der Waals surface area contributed by atoms with Crippen LogP contribution in [-0.4, -0.2) is 39.9 Å². The summed E-state index contributed by atoms with van der Waals surface area (Å²) in [4.78, 5) is 4.37. The maximum Gasteiger partial charge on any atom is 0.191 e. The largest absolute Gasteiger partial charge is 0.496 e. The molecule has 0 atom stereocenters. The summed E-state index contributed by atoms with van der Waals surface area (Å²) in [5.41, 5.74) is 3.99. The van der Waals surface area contributed by atoms with Crippen LogP contribution in [0.5, 0.6) is 5.75 Å². The van der Waals surface area contributed by atoms with Crippen LogP contribution in [0.4, 0.5) is 4.39 Å². The molecular formula is C24H33FIN3O2. The van der Waals surface area contributed by atoms with Gasteiger partial charge in [-0.15, -0.1) is 24.0 Å². The summed E-state index contributed by atoms with van der Waals surface area (Å²) in [5, 5.41) is 6.83. The lowest BCUT2D eigenvalue weighted by Gasteiger charge is -2.39. The molecule has 0 amide bonds. The van der Waals surface area contributed by atoms with Gasteiger partial charge in [-0.05, 0) is 49.9 Å². The Morgan fingerprint density at radius 2 is 1.87 bits per heavy atom. The minimum absolute atomic E-state index is 0. The van der Waals surface area contributed by atoms with E-state index in [1.807, 2.05) is 12.1 Å². The zero-order valence-corrected chi connectivity index (χ0v) is 21.1. The van der Waals surface area contributed by atoms with Gasteiger partial charge in [-0.2, -0.15) is 0 Å². The second-order valence-electron chi connectivity index (χ2n) is 7.96. The highest BCUT2D eigenvalue weighted by Crippen LogP contribution is 2.40. The predicted octanol–water partition coefficient (Wildman–Crippen LogP) is 4.48. The van der Waals surface area contributed by atoms with Crippen LogP contribution < -0.4 is 15.4 Å². The van der Waals surface area contributed by atoms with Crippen molar-refractivity contribution in [1.29, 1.82) is 0 Å². The van der Waals surface area contributed by atoms with Crippen molar-refractivity contribution in [2.75, 3.05) is 33.9 Å². The molecule has 1 heterocycles. The molecule has 1 fully saturated rings. The van der Waals surface area contributed by atoms with Gasteiger partial charge in [0.25, 0.3) is 0 Å². The number of methoxy groups -OCH3 is 1. The van der Waals surface area contributed by atoms with E-state index in [-0.39, 0.29) is 35.2 Å². The normalized spacial score (nSPS) is 15.7. The molecule has 0 spiro atoms. The molecule has 2 aromatic rings. The molecule has 0 unspecified atom stereocenters. The molecule has 1 aliphatic rings. The number of rotatable bonds is 6. The summed E-state index contributed by atoms with van der Waals surface area (Å²) in [5.74, 6) is 1.44. The summed E-state index contributed by atoms with van der Waals surface area (Å²) in [7, 11) is 3.48. The van der Waals surface area contributed by atoms with Crippen LogP contribution in [0.3, 0.4) is 0 Å². The summed E-state index contributed by atoms with van der Waals surface area (Å²) >= 11 is 0. The number of aryl methyl sites for hydroxylation is 2. The van der Waals surface area contributed by atoms with Crippen LogP contribution in [0.15, 0.2) is 41.4 Å². The van der Waals surface area contributed by atoms with Crippen LogP contribution >= 0.6 is 24.0 Å². The molecule has 0 saturated carbocycles. The highest BCUT2D eigenvalue weighted by atomic mass is 127. The van der Waals surface area contributed by atoms with Crippen molar-refractivity contribution in [3.63, 3.8) is 0 Å². The minimum Gasteiger partial charge on any atom is -0.496 e. The van der Waals surface area contributed by atoms with E-state index in [4.69, 9.17) is 9.47 Å². The molecule has 2 N–H and O–H groups in total. The van der Waals surface area contributed by atoms with Crippen LogP contribution in [0, 0.1) is 19.7 Å². The second kappa shape index (κ2) is 11.7. The Balaban J connectivity index is 0.00000341. The molecule has 5 nitrogen and oxygen atoms in total. The molecule has 2 aromatic carbocycles. The first-order chi connectivity index (χ1) is 14.5. The number of hydrogen-bond acceptors (Lipinski definition) is 3. The summed E-state index contributed by atoms with van der Waals surface area (Å²) < 4.78 is 24.9. The van der Waals surface area contributed by atoms with Gasteiger partial charge in [-0.1, -0.05) is 29.8 Å². The number of ether oxygens (including phenoxy) is 2. The monoisotopic (exact) mass is 541 g/mol. The highest BCUT2D eigenvalue weighted by Gasteiger charge is 2.37. The maximum absolute atomic E-state index is 13.5. The van der Waals surface area contributed by atoms with Gasteiger partial charge < -0.3 is 20.1 Å². The van der Waals surface area contributed by atoms with Crippen molar-refractivity contribution in [3.05, 3.63) is 64.5 Å². The Hall–Kier alpha value is -1.87. The van der Waals surface area contributed by atoms with Crippen molar-refractivity contribution in [2.45, 2.75) is 38.6 Å². The average molecular weight is 541 g/mol. The lowest BCUT2D eigenvalue weighted by atomic mass is 9.73. The molecule has 31 heavy (non-hydrogen) atoms. The fourth-order valence-corrected chi connectivity index (χ4v) is 4.02. The topological polar surface area (TPSA) is 54.9 Å². The Labute approximate surface area is 201 Å². The zero-order chi connectivity index (χ0) is 21.6. The molecule has 1 aliphatic heterocycles. The van der Waals surface area contributed by atoms with E-state index in [1.165, 1.54) is 17.2 Å². The van der Waals surface area contributed by atoms with Gasteiger partial charge in [0.1, 0.15) is 11.6 Å². The molecule has 0 aromatic heterocycles. The van der Waals surface area contributed by atoms with Crippen LogP contribution in [0.1, 0.15) is 35.1 Å². The van der Waals surface area contributed by atoms with Gasteiger partial charge in [-0.3, -0.25) is 4.99 Å². The van der Waals surface area contributed by atoms with E-state index in [0.717, 1.165) is 49.9 Å². The molecule has 0 aliphatic carbocycles. The molecule has 0 radical (unpaired) electrons. The van der Waals surface area contributed by atoms with E-state index in [1.54, 1.807) is 27.1 Å². The van der Waals surface area contributed by atoms with Crippen LogP contribution in [0.2, 0.25) is 0 Å². The standard InChI is InChI=1S/C24H32FN3O2.HI/c1-17-5-8-22(29-4)20(13-17)24(9-11-30-12-10-24)16-28-23(26-3)27-15-19-6-7-21(25)18(2)14-19;/h5-8,13-14H,9-12,15-16H2,1-4H3,(H2,26,27,28);1H. The van der Waals surface area contributed by atoms with E-state index in [9.17, 15) is 4.39 Å². The Morgan fingerprint density at radius 1 is 1.13 bits per heavy atom. The Kier molecular flexibility index (Phi) is 9.55. The smallest absolute Gasteiger partial charge is 0.191 e. The van der Waals surface area contributed by atoms with Gasteiger partial charge in [-0.25, -0.2) is 4.39 Å². The number of halogens is 2. The first kappa shape index (κ1) is 25.4. The molecule has 170 valence electrons. The number of nitrogens with one attached hydrogen (secondary N) is 2. The average Bonchev–Trinajstić information content (AvgIpc) is 2.77. The summed E-state index contributed by atoms with van der Waals surface area (Å²) in [6, 6.07) is 11.5. The second-order valence-corrected chi connectivity index (χ2v) is 7.96. The van der Waals surface area contributed by atoms with Crippen LogP contribution in [0.25, 0.3) is 0 Å². The van der Waals surface area contributed by atoms with Gasteiger partial charge in [0.15, 0.2) is 5.96 Å². The summed E-state index contributed by atoms with van der Waals surface area (Å²) in [6.45, 7) is 6.62. The first-order valence-electron chi connectivity index (χ1n) is 10.4. The van der Waals surface area contributed by atoms with Gasteiger partial charge in [0.2, 0.25) is 0 Å². The van der Waals surface area contributed by atoms with E-state index < -0.39 is 0 Å². The quantitative estimate of drug-likeness (QED) is 0.322. The van der Waals surface area contributed by atoms with E-state index >= 15 is 0 Å². The third-order valence-electron chi connectivity index (χ3n) is 5.88. The number of benzene rings is 2. The van der Waals surface area contributed by atoms with Crippen molar-refractivity contribution >= 4 is 29.9 Å². The van der Waals surface area contributed by atoms with Crippen molar-refractivity contribution in [2.24, 2.45) is 4.99 Å². The third-order valence-corrected chi connectivity index (χ3v) is 5.88. The number of nitrogens with zero attached hydrogens (tertiary/aromatic N) is 1. The number of hydrogen-bond donors (Lipinski definition) is 2. The molecule has 0 bridgehead atoms. The Bertz CT molecular complexity index is 898. The fourth-order valence-electron chi connectivity index (χ4n) is 4.02. The summed E-state index contributed by atoms with van der Waals surface area (Å²) in [6.07, 6.45) is 1.82. The maximum atomic E-state index is 13.5. The molecule has 3 rings (SSSR count). The van der Waals surface area contributed by atoms with Gasteiger partial charge in [0, 0.05) is 44.3 Å². The number of guanidine groups is 1. The molecular weight excluding hydrogens is 508 g/mol. The molecule has 7 heteroatoms. The zero-order valence-electron chi connectivity index (χ0n) is 18.8. The SMILES string of the molecule is CN=C(NCc1ccc(F)c(C)c1)NCC1(c2cc(C)ccc2OC)CCOCC1.I. The van der Waals surface area contributed by atoms with Crippen LogP contribution in [-0.2, 0) is 16.7 Å².